The van der Waals surface area contributed by atoms with Gasteiger partial charge in [-0.25, -0.2) is 9.18 Å². The molecule has 7 heteroatoms. The highest BCUT2D eigenvalue weighted by Gasteiger charge is 2.31. The number of carboxylic acid groups (broad SMARTS) is 1. The predicted molar refractivity (Wildman–Crippen MR) is 122 cm³/mol. The average molecular weight is 465 g/mol. The highest BCUT2D eigenvalue weighted by atomic mass is 35.5. The summed E-state index contributed by atoms with van der Waals surface area (Å²) in [7, 11) is 0. The first kappa shape index (κ1) is 22.5. The van der Waals surface area contributed by atoms with Crippen LogP contribution in [0, 0.1) is 5.82 Å². The van der Waals surface area contributed by atoms with Gasteiger partial charge in [0.15, 0.2) is 0 Å². The molecule has 1 unspecified atom stereocenters. The molecule has 0 aromatic heterocycles. The number of hydrogen-bond acceptors (Lipinski definition) is 3. The summed E-state index contributed by atoms with van der Waals surface area (Å²) in [4.78, 5) is 16.1. The zero-order valence-electron chi connectivity index (χ0n) is 17.7. The Morgan fingerprint density at radius 2 is 1.84 bits per heavy atom. The zero-order chi connectivity index (χ0) is 22.3. The maximum Gasteiger partial charge on any atom is 0.338 e. The Balaban J connectivity index is 1.47. The van der Waals surface area contributed by atoms with E-state index < -0.39 is 11.8 Å². The van der Waals surface area contributed by atoms with Crippen LogP contribution in [0.25, 0.3) is 0 Å². The summed E-state index contributed by atoms with van der Waals surface area (Å²) < 4.78 is 14.4. The van der Waals surface area contributed by atoms with E-state index in [2.05, 4.69) is 23.6 Å². The number of hydrogen-bond donors (Lipinski definition) is 1. The lowest BCUT2D eigenvalue weighted by Gasteiger charge is -2.43. The Kier molecular flexibility index (Phi) is 6.59. The number of rotatable bonds is 6. The second-order valence-electron chi connectivity index (χ2n) is 8.81. The van der Waals surface area contributed by atoms with E-state index in [0.29, 0.717) is 28.5 Å². The van der Waals surface area contributed by atoms with Crippen molar-refractivity contribution >= 4 is 29.2 Å². The molecule has 0 amide bonds. The van der Waals surface area contributed by atoms with Gasteiger partial charge < -0.3 is 5.11 Å². The molecule has 2 fully saturated rings. The van der Waals surface area contributed by atoms with Crippen LogP contribution in [0.1, 0.15) is 65.7 Å². The van der Waals surface area contributed by atoms with Crippen LogP contribution < -0.4 is 0 Å². The maximum absolute atomic E-state index is 14.4. The zero-order valence-corrected chi connectivity index (χ0v) is 19.3. The lowest BCUT2D eigenvalue weighted by molar-refractivity contribution is 0.0503. The van der Waals surface area contributed by atoms with Crippen molar-refractivity contribution in [2.24, 2.45) is 0 Å². The standard InChI is InChI=1S/C24H27Cl2FN2O2/c1-14-12-28(5-6-29(14)15(2)17-7-19(25)10-20(26)8-17)13-18-9-23(27)22(24(30)31)11-21(18)16-3-4-16/h7-11,14-16H,3-6,12-13H2,1-2H3,(H,30,31)/t14-,15?/m1/s1. The molecule has 0 bridgehead atoms. The van der Waals surface area contributed by atoms with Gasteiger partial charge in [-0.1, -0.05) is 23.2 Å². The molecule has 2 aliphatic rings. The average Bonchev–Trinajstić information content (AvgIpc) is 3.52. The number of aromatic carboxylic acids is 1. The van der Waals surface area contributed by atoms with E-state index in [1.807, 2.05) is 12.1 Å². The van der Waals surface area contributed by atoms with Gasteiger partial charge in [-0.3, -0.25) is 9.80 Å². The Bertz CT molecular complexity index is 976. The fraction of sp³-hybridized carbons (Fsp3) is 0.458. The normalized spacial score (nSPS) is 21.3. The first-order chi connectivity index (χ1) is 14.7. The third kappa shape index (κ3) is 5.06. The largest absolute Gasteiger partial charge is 0.478 e. The lowest BCUT2D eigenvalue weighted by Crippen LogP contribution is -2.52. The second kappa shape index (κ2) is 9.07. The molecule has 1 heterocycles. The van der Waals surface area contributed by atoms with Crippen LogP contribution in [0.4, 0.5) is 4.39 Å². The molecule has 0 spiro atoms. The molecule has 4 rings (SSSR count). The molecule has 31 heavy (non-hydrogen) atoms. The fourth-order valence-electron chi connectivity index (χ4n) is 4.72. The lowest BCUT2D eigenvalue weighted by atomic mass is 9.98. The Morgan fingerprint density at radius 3 is 2.42 bits per heavy atom. The number of carboxylic acids is 1. The molecule has 2 aromatic rings. The van der Waals surface area contributed by atoms with Crippen molar-refractivity contribution in [2.75, 3.05) is 19.6 Å². The van der Waals surface area contributed by atoms with Crippen LogP contribution in [-0.4, -0.2) is 46.6 Å². The van der Waals surface area contributed by atoms with Gasteiger partial charge in [0.25, 0.3) is 0 Å². The van der Waals surface area contributed by atoms with Crippen molar-refractivity contribution in [3.63, 3.8) is 0 Å². The van der Waals surface area contributed by atoms with E-state index in [4.69, 9.17) is 23.2 Å². The summed E-state index contributed by atoms with van der Waals surface area (Å²) >= 11 is 12.4. The molecule has 1 aliphatic heterocycles. The van der Waals surface area contributed by atoms with E-state index in [-0.39, 0.29) is 11.6 Å². The number of carbonyl (C=O) groups is 1. The van der Waals surface area contributed by atoms with Crippen molar-refractivity contribution in [1.82, 2.24) is 9.80 Å². The molecule has 0 radical (unpaired) electrons. The molecule has 2 aromatic carbocycles. The molecule has 166 valence electrons. The van der Waals surface area contributed by atoms with Crippen LogP contribution in [0.5, 0.6) is 0 Å². The fourth-order valence-corrected chi connectivity index (χ4v) is 5.26. The first-order valence-electron chi connectivity index (χ1n) is 10.7. The van der Waals surface area contributed by atoms with Gasteiger partial charge in [0.05, 0.1) is 5.56 Å². The summed E-state index contributed by atoms with van der Waals surface area (Å²) in [6.45, 7) is 7.59. The van der Waals surface area contributed by atoms with Gasteiger partial charge in [-0.15, -0.1) is 0 Å². The van der Waals surface area contributed by atoms with Crippen LogP contribution in [0.15, 0.2) is 30.3 Å². The number of piperazine rings is 1. The first-order valence-corrected chi connectivity index (χ1v) is 11.5. The van der Waals surface area contributed by atoms with Crippen molar-refractivity contribution in [3.8, 4) is 0 Å². The number of halogens is 3. The minimum absolute atomic E-state index is 0.183. The van der Waals surface area contributed by atoms with Crippen LogP contribution in [0.2, 0.25) is 10.0 Å². The quantitative estimate of drug-likeness (QED) is 0.571. The Morgan fingerprint density at radius 1 is 1.16 bits per heavy atom. The van der Waals surface area contributed by atoms with Gasteiger partial charge in [0.2, 0.25) is 0 Å². The number of benzene rings is 2. The summed E-state index contributed by atoms with van der Waals surface area (Å²) in [5.74, 6) is -1.49. The van der Waals surface area contributed by atoms with Crippen LogP contribution in [-0.2, 0) is 6.54 Å². The predicted octanol–water partition coefficient (Wildman–Crippen LogP) is 5.98. The molecular weight excluding hydrogens is 438 g/mol. The van der Waals surface area contributed by atoms with E-state index in [0.717, 1.165) is 49.2 Å². The van der Waals surface area contributed by atoms with Gasteiger partial charge in [0, 0.05) is 48.3 Å². The van der Waals surface area contributed by atoms with Crippen LogP contribution >= 0.6 is 23.2 Å². The third-order valence-electron chi connectivity index (χ3n) is 6.50. The van der Waals surface area contributed by atoms with E-state index in [1.54, 1.807) is 12.1 Å². The molecular formula is C24H27Cl2FN2O2. The summed E-state index contributed by atoms with van der Waals surface area (Å²) in [5, 5.41) is 10.6. The van der Waals surface area contributed by atoms with E-state index in [9.17, 15) is 14.3 Å². The number of nitrogens with zero attached hydrogens (tertiary/aromatic N) is 2. The molecule has 1 saturated heterocycles. The molecule has 1 aliphatic carbocycles. The highest BCUT2D eigenvalue weighted by molar-refractivity contribution is 6.34. The second-order valence-corrected chi connectivity index (χ2v) is 9.68. The third-order valence-corrected chi connectivity index (χ3v) is 6.93. The SMILES string of the molecule is CC(c1cc(Cl)cc(Cl)c1)N1CCN(Cc2cc(F)c(C(=O)O)cc2C2CC2)C[C@H]1C. The maximum atomic E-state index is 14.4. The van der Waals surface area contributed by atoms with E-state index >= 15 is 0 Å². The summed E-state index contributed by atoms with van der Waals surface area (Å²) in [6.07, 6.45) is 2.09. The van der Waals surface area contributed by atoms with Gasteiger partial charge in [-0.2, -0.15) is 0 Å². The van der Waals surface area contributed by atoms with Crippen molar-refractivity contribution < 1.29 is 14.3 Å². The molecule has 2 atom stereocenters. The van der Waals surface area contributed by atoms with Gasteiger partial charge >= 0.3 is 5.97 Å². The van der Waals surface area contributed by atoms with Crippen molar-refractivity contribution in [3.05, 3.63) is 68.4 Å². The monoisotopic (exact) mass is 464 g/mol. The molecule has 1 saturated carbocycles. The van der Waals surface area contributed by atoms with Crippen LogP contribution in [0.3, 0.4) is 0 Å². The minimum atomic E-state index is -1.21. The van der Waals surface area contributed by atoms with Crippen molar-refractivity contribution in [2.45, 2.75) is 51.2 Å². The van der Waals surface area contributed by atoms with Gasteiger partial charge in [-0.05, 0) is 79.6 Å². The molecule has 4 nitrogen and oxygen atoms in total. The summed E-state index contributed by atoms with van der Waals surface area (Å²) in [6, 6.07) is 9.14. The Labute approximate surface area is 192 Å². The van der Waals surface area contributed by atoms with Crippen molar-refractivity contribution in [1.29, 1.82) is 0 Å². The van der Waals surface area contributed by atoms with Gasteiger partial charge in [0.1, 0.15) is 5.82 Å². The highest BCUT2D eigenvalue weighted by Crippen LogP contribution is 2.43. The smallest absolute Gasteiger partial charge is 0.338 e. The van der Waals surface area contributed by atoms with E-state index in [1.165, 1.54) is 6.07 Å². The minimum Gasteiger partial charge on any atom is -0.478 e. The summed E-state index contributed by atoms with van der Waals surface area (Å²) in [5.41, 5.74) is 2.79. The Hall–Kier alpha value is -1.66. The molecule has 1 N–H and O–H groups in total. The topological polar surface area (TPSA) is 43.8 Å².